The lowest BCUT2D eigenvalue weighted by molar-refractivity contribution is 0.280. The van der Waals surface area contributed by atoms with Gasteiger partial charge in [0.25, 0.3) is 0 Å². The number of nitrogens with two attached hydrogens (primary N) is 1. The minimum absolute atomic E-state index is 0.399. The van der Waals surface area contributed by atoms with Crippen molar-refractivity contribution in [3.63, 3.8) is 0 Å². The van der Waals surface area contributed by atoms with Crippen molar-refractivity contribution in [1.29, 1.82) is 0 Å². The maximum Gasteiger partial charge on any atom is 0.301 e. The molecule has 0 atom stereocenters. The molecule has 1 aromatic rings. The third-order valence-electron chi connectivity index (χ3n) is 3.61. The molecule has 5 nitrogen and oxygen atoms in total. The molecule has 112 valence electrons. The molecule has 0 bridgehead atoms. The first-order valence-corrected chi connectivity index (χ1v) is 8.48. The smallest absolute Gasteiger partial charge is 0.301 e. The maximum atomic E-state index is 12.3. The second kappa shape index (κ2) is 6.30. The molecule has 0 aliphatic carbocycles. The Bertz CT molecular complexity index is 569. The number of halogens is 1. The van der Waals surface area contributed by atoms with Gasteiger partial charge >= 0.3 is 10.2 Å². The van der Waals surface area contributed by atoms with Crippen molar-refractivity contribution < 1.29 is 8.42 Å². The molecule has 3 N–H and O–H groups in total. The van der Waals surface area contributed by atoms with Gasteiger partial charge in [0.2, 0.25) is 0 Å². The van der Waals surface area contributed by atoms with Crippen LogP contribution in [0.25, 0.3) is 0 Å². The van der Waals surface area contributed by atoms with Crippen molar-refractivity contribution in [2.24, 2.45) is 11.7 Å². The van der Waals surface area contributed by atoms with Crippen LogP contribution in [0.2, 0.25) is 5.02 Å². The van der Waals surface area contributed by atoms with Gasteiger partial charge in [-0.2, -0.15) is 12.7 Å². The Hall–Kier alpha value is -0.820. The summed E-state index contributed by atoms with van der Waals surface area (Å²) in [5.41, 5.74) is 6.99. The quantitative estimate of drug-likeness (QED) is 0.891. The van der Waals surface area contributed by atoms with Gasteiger partial charge in [0.1, 0.15) is 0 Å². The van der Waals surface area contributed by atoms with E-state index in [1.54, 1.807) is 12.1 Å². The predicted molar refractivity (Wildman–Crippen MR) is 82.1 cm³/mol. The van der Waals surface area contributed by atoms with Crippen molar-refractivity contribution in [3.05, 3.63) is 28.8 Å². The number of rotatable bonds is 4. The Morgan fingerprint density at radius 2 is 2.05 bits per heavy atom. The lowest BCUT2D eigenvalue weighted by Crippen LogP contribution is -2.42. The van der Waals surface area contributed by atoms with E-state index >= 15 is 0 Å². The van der Waals surface area contributed by atoms with Crippen LogP contribution in [0.1, 0.15) is 18.4 Å². The molecule has 7 heteroatoms. The zero-order chi connectivity index (χ0) is 14.8. The summed E-state index contributed by atoms with van der Waals surface area (Å²) in [6.07, 6.45) is 1.61. The molecule has 0 radical (unpaired) electrons. The summed E-state index contributed by atoms with van der Waals surface area (Å²) in [6.45, 7) is 3.51. The van der Waals surface area contributed by atoms with Crippen LogP contribution >= 0.6 is 11.6 Å². The maximum absolute atomic E-state index is 12.3. The third-order valence-corrected chi connectivity index (χ3v) is 5.46. The van der Waals surface area contributed by atoms with Crippen LogP contribution < -0.4 is 10.5 Å². The first kappa shape index (κ1) is 15.6. The molecule has 0 spiro atoms. The molecular weight excluding hydrogens is 298 g/mol. The van der Waals surface area contributed by atoms with E-state index < -0.39 is 10.2 Å². The Balaban J connectivity index is 2.10. The Morgan fingerprint density at radius 1 is 1.40 bits per heavy atom. The fraction of sp³-hybridized carbons (Fsp3) is 0.538. The van der Waals surface area contributed by atoms with Gasteiger partial charge in [-0.15, -0.1) is 0 Å². The Kier molecular flexibility index (Phi) is 4.90. The van der Waals surface area contributed by atoms with Gasteiger partial charge in [0, 0.05) is 13.1 Å². The SMILES string of the molecule is Cc1ccc(Cl)c(NS(=O)(=O)N2CCC(CN)CC2)c1. The topological polar surface area (TPSA) is 75.4 Å². The predicted octanol–water partition coefficient (Wildman–Crippen LogP) is 1.98. The van der Waals surface area contributed by atoms with Crippen molar-refractivity contribution >= 4 is 27.5 Å². The molecule has 2 rings (SSSR count). The van der Waals surface area contributed by atoms with Crippen LogP contribution in [-0.4, -0.2) is 32.4 Å². The minimum Gasteiger partial charge on any atom is -0.330 e. The average molecular weight is 318 g/mol. The molecule has 1 saturated heterocycles. The summed E-state index contributed by atoms with van der Waals surface area (Å²) in [7, 11) is -3.55. The van der Waals surface area contributed by atoms with Crippen LogP contribution in [0.3, 0.4) is 0 Å². The number of benzene rings is 1. The Morgan fingerprint density at radius 3 is 2.65 bits per heavy atom. The zero-order valence-electron chi connectivity index (χ0n) is 11.5. The fourth-order valence-corrected chi connectivity index (χ4v) is 3.79. The van der Waals surface area contributed by atoms with Crippen LogP contribution in [-0.2, 0) is 10.2 Å². The summed E-state index contributed by atoms with van der Waals surface area (Å²) in [5, 5.41) is 0.399. The first-order valence-electron chi connectivity index (χ1n) is 6.66. The van der Waals surface area contributed by atoms with Gasteiger partial charge in [0.15, 0.2) is 0 Å². The summed E-state index contributed by atoms with van der Waals surface area (Å²) in [5.74, 6) is 0.420. The number of anilines is 1. The highest BCUT2D eigenvalue weighted by molar-refractivity contribution is 7.90. The number of hydrogen-bond acceptors (Lipinski definition) is 3. The normalized spacial score (nSPS) is 18.1. The lowest BCUT2D eigenvalue weighted by Gasteiger charge is -2.30. The summed E-state index contributed by atoms with van der Waals surface area (Å²) < 4.78 is 28.7. The monoisotopic (exact) mass is 317 g/mol. The molecule has 0 unspecified atom stereocenters. The van der Waals surface area contributed by atoms with Crippen molar-refractivity contribution in [2.45, 2.75) is 19.8 Å². The van der Waals surface area contributed by atoms with Gasteiger partial charge in [0.05, 0.1) is 10.7 Å². The number of nitrogens with one attached hydrogen (secondary N) is 1. The van der Waals surface area contributed by atoms with E-state index in [0.717, 1.165) is 18.4 Å². The van der Waals surface area contributed by atoms with Crippen LogP contribution in [0.15, 0.2) is 18.2 Å². The molecule has 1 aliphatic rings. The van der Waals surface area contributed by atoms with Gasteiger partial charge in [-0.3, -0.25) is 4.72 Å². The van der Waals surface area contributed by atoms with E-state index in [9.17, 15) is 8.42 Å². The van der Waals surface area contributed by atoms with Crippen LogP contribution in [0, 0.1) is 12.8 Å². The third kappa shape index (κ3) is 3.63. The average Bonchev–Trinajstić information content (AvgIpc) is 2.43. The van der Waals surface area contributed by atoms with Gasteiger partial charge in [-0.25, -0.2) is 0 Å². The zero-order valence-corrected chi connectivity index (χ0v) is 13.0. The number of aryl methyl sites for hydroxylation is 1. The molecule has 1 aliphatic heterocycles. The standard InChI is InChI=1S/C13H20ClN3O2S/c1-10-2-3-12(14)13(8-10)16-20(18,19)17-6-4-11(9-15)5-7-17/h2-3,8,11,16H,4-7,9,15H2,1H3. The minimum atomic E-state index is -3.55. The van der Waals surface area contributed by atoms with E-state index in [1.165, 1.54) is 4.31 Å². The van der Waals surface area contributed by atoms with E-state index in [-0.39, 0.29) is 0 Å². The molecule has 20 heavy (non-hydrogen) atoms. The van der Waals surface area contributed by atoms with E-state index in [1.807, 2.05) is 13.0 Å². The molecule has 1 aromatic carbocycles. The highest BCUT2D eigenvalue weighted by Gasteiger charge is 2.27. The first-order chi connectivity index (χ1) is 9.42. The van der Waals surface area contributed by atoms with Crippen LogP contribution in [0.4, 0.5) is 5.69 Å². The summed E-state index contributed by atoms with van der Waals surface area (Å²) in [4.78, 5) is 0. The van der Waals surface area contributed by atoms with Crippen LogP contribution in [0.5, 0.6) is 0 Å². The van der Waals surface area contributed by atoms with Crippen molar-refractivity contribution in [3.8, 4) is 0 Å². The second-order valence-electron chi connectivity index (χ2n) is 5.17. The number of nitrogens with zero attached hydrogens (tertiary/aromatic N) is 1. The van der Waals surface area contributed by atoms with Crippen molar-refractivity contribution in [2.75, 3.05) is 24.4 Å². The highest BCUT2D eigenvalue weighted by atomic mass is 35.5. The largest absolute Gasteiger partial charge is 0.330 e. The van der Waals surface area contributed by atoms with Gasteiger partial charge in [-0.05, 0) is 49.9 Å². The van der Waals surface area contributed by atoms with E-state index in [2.05, 4.69) is 4.72 Å². The summed E-state index contributed by atoms with van der Waals surface area (Å²) >= 11 is 6.02. The fourth-order valence-electron chi connectivity index (χ4n) is 2.31. The molecule has 0 amide bonds. The van der Waals surface area contributed by atoms with E-state index in [0.29, 0.717) is 36.3 Å². The van der Waals surface area contributed by atoms with Gasteiger partial charge < -0.3 is 5.73 Å². The molecular formula is C13H20ClN3O2S. The summed E-state index contributed by atoms with van der Waals surface area (Å²) in [6, 6.07) is 5.26. The Labute approximate surface area is 125 Å². The van der Waals surface area contributed by atoms with Gasteiger partial charge in [-0.1, -0.05) is 17.7 Å². The molecule has 0 saturated carbocycles. The molecule has 1 heterocycles. The molecule has 0 aromatic heterocycles. The second-order valence-corrected chi connectivity index (χ2v) is 7.25. The molecule has 1 fully saturated rings. The highest BCUT2D eigenvalue weighted by Crippen LogP contribution is 2.26. The van der Waals surface area contributed by atoms with Crippen molar-refractivity contribution in [1.82, 2.24) is 4.31 Å². The number of piperidine rings is 1. The lowest BCUT2D eigenvalue weighted by atomic mass is 9.99. The number of hydrogen-bond donors (Lipinski definition) is 2. The van der Waals surface area contributed by atoms with E-state index in [4.69, 9.17) is 17.3 Å².